The van der Waals surface area contributed by atoms with Gasteiger partial charge in [-0.05, 0) is 60.5 Å². The van der Waals surface area contributed by atoms with Gasteiger partial charge in [0.1, 0.15) is 0 Å². The fourth-order valence-electron chi connectivity index (χ4n) is 4.46. The van der Waals surface area contributed by atoms with Crippen LogP contribution in [0.25, 0.3) is 11.1 Å². The summed E-state index contributed by atoms with van der Waals surface area (Å²) in [5, 5.41) is 1.31. The van der Waals surface area contributed by atoms with E-state index in [2.05, 4.69) is 9.89 Å². The van der Waals surface area contributed by atoms with Crippen LogP contribution in [0.3, 0.4) is 0 Å². The Bertz CT molecular complexity index is 1470. The molecule has 5 nitrogen and oxygen atoms in total. The lowest BCUT2D eigenvalue weighted by Crippen LogP contribution is -2.38. The second-order valence-electron chi connectivity index (χ2n) is 9.65. The van der Waals surface area contributed by atoms with Crippen molar-refractivity contribution in [3.8, 4) is 0 Å². The first-order valence-corrected chi connectivity index (χ1v) is 14.1. The number of Topliss-reactive ketones (excluding diaryl/α,β-unsaturated/α-hetero) is 1. The highest BCUT2D eigenvalue weighted by atomic mass is 35.5. The molecule has 0 bridgehead atoms. The number of carbonyl (C=O) groups is 2. The molecule has 0 aromatic heterocycles. The predicted octanol–water partition coefficient (Wildman–Crippen LogP) is 6.99. The van der Waals surface area contributed by atoms with Crippen LogP contribution in [-0.2, 0) is 9.53 Å². The molecule has 198 valence electrons. The second-order valence-corrected chi connectivity index (χ2v) is 11.1. The van der Waals surface area contributed by atoms with Crippen molar-refractivity contribution in [1.82, 2.24) is 4.90 Å². The summed E-state index contributed by atoms with van der Waals surface area (Å²) in [5.74, 6) is -0.270. The summed E-state index contributed by atoms with van der Waals surface area (Å²) in [5.41, 5.74) is 6.18. The summed E-state index contributed by atoms with van der Waals surface area (Å²) in [6, 6.07) is 23.1. The number of ketones is 1. The van der Waals surface area contributed by atoms with Gasteiger partial charge in [0, 0.05) is 35.7 Å². The summed E-state index contributed by atoms with van der Waals surface area (Å²) < 4.78 is 5.48. The third kappa shape index (κ3) is 6.59. The van der Waals surface area contributed by atoms with Crippen molar-refractivity contribution in [3.63, 3.8) is 0 Å². The monoisotopic (exact) mass is 556 g/mol. The number of thioether (sulfide) groups is 1. The Morgan fingerprint density at radius 1 is 0.897 bits per heavy atom. The number of hydrogen-bond donors (Lipinski definition) is 0. The maximum Gasteiger partial charge on any atom is 0.286 e. The quantitative estimate of drug-likeness (QED) is 0.242. The van der Waals surface area contributed by atoms with Gasteiger partial charge in [0.2, 0.25) is 0 Å². The van der Waals surface area contributed by atoms with E-state index in [4.69, 9.17) is 16.3 Å². The number of ether oxygens (including phenoxy) is 1. The zero-order valence-corrected chi connectivity index (χ0v) is 23.5. The number of benzene rings is 3. The Morgan fingerprint density at radius 2 is 1.46 bits per heavy atom. The van der Waals surface area contributed by atoms with Crippen molar-refractivity contribution in [2.45, 2.75) is 20.3 Å². The average molecular weight is 557 g/mol. The Kier molecular flexibility index (Phi) is 8.46. The zero-order chi connectivity index (χ0) is 27.4. The summed E-state index contributed by atoms with van der Waals surface area (Å²) >= 11 is 7.58. The van der Waals surface area contributed by atoms with E-state index in [0.29, 0.717) is 47.0 Å². The van der Waals surface area contributed by atoms with Crippen LogP contribution in [0, 0.1) is 13.8 Å². The molecule has 39 heavy (non-hydrogen) atoms. The molecule has 0 saturated carbocycles. The Balaban J connectivity index is 1.59. The molecular formula is C32H29ClN2O3S. The Hall–Kier alpha value is -3.45. The first kappa shape index (κ1) is 27.1. The highest BCUT2D eigenvalue weighted by molar-refractivity contribution is 8.18. The molecule has 0 N–H and O–H groups in total. The van der Waals surface area contributed by atoms with Crippen molar-refractivity contribution in [2.24, 2.45) is 4.99 Å². The van der Waals surface area contributed by atoms with Gasteiger partial charge in [-0.25, -0.2) is 0 Å². The minimum atomic E-state index is -0.270. The lowest BCUT2D eigenvalue weighted by molar-refractivity contribution is -0.113. The van der Waals surface area contributed by atoms with Gasteiger partial charge < -0.3 is 9.64 Å². The van der Waals surface area contributed by atoms with E-state index in [9.17, 15) is 9.59 Å². The van der Waals surface area contributed by atoms with Gasteiger partial charge in [-0.15, -0.1) is 0 Å². The smallest absolute Gasteiger partial charge is 0.286 e. The lowest BCUT2D eigenvalue weighted by atomic mass is 9.93. The molecule has 2 aliphatic heterocycles. The van der Waals surface area contributed by atoms with E-state index in [1.54, 1.807) is 0 Å². The molecule has 2 aliphatic rings. The van der Waals surface area contributed by atoms with E-state index in [1.165, 1.54) is 11.8 Å². The number of morpholine rings is 1. The molecule has 3 aromatic carbocycles. The normalized spacial score (nSPS) is 17.3. The SMILES string of the molecule is Cc1ccc(C(=O)C/C(=C\C(=C2/SC(N3CCOCC3)=NC2=O)c2ccc(C)cc2)c2ccc(Cl)cc2)cc1. The van der Waals surface area contributed by atoms with Crippen LogP contribution in [0.4, 0.5) is 0 Å². The lowest BCUT2D eigenvalue weighted by Gasteiger charge is -2.27. The molecule has 0 aliphatic carbocycles. The second kappa shape index (κ2) is 12.2. The molecule has 5 rings (SSSR count). The van der Waals surface area contributed by atoms with Crippen molar-refractivity contribution in [3.05, 3.63) is 117 Å². The van der Waals surface area contributed by atoms with Gasteiger partial charge >= 0.3 is 0 Å². The van der Waals surface area contributed by atoms with E-state index >= 15 is 0 Å². The van der Waals surface area contributed by atoms with Gasteiger partial charge in [0.15, 0.2) is 11.0 Å². The molecule has 1 saturated heterocycles. The number of hydrogen-bond acceptors (Lipinski definition) is 5. The van der Waals surface area contributed by atoms with Gasteiger partial charge in [0.05, 0.1) is 18.1 Å². The van der Waals surface area contributed by atoms with Crippen LogP contribution in [-0.4, -0.2) is 48.1 Å². The van der Waals surface area contributed by atoms with Gasteiger partial charge in [0.25, 0.3) is 5.91 Å². The summed E-state index contributed by atoms with van der Waals surface area (Å²) in [6.45, 7) is 6.64. The number of amidine groups is 1. The molecule has 0 atom stereocenters. The molecule has 3 aromatic rings. The van der Waals surface area contributed by atoms with Gasteiger partial charge in [-0.3, -0.25) is 9.59 Å². The molecule has 0 unspecified atom stereocenters. The maximum atomic E-state index is 13.4. The first-order chi connectivity index (χ1) is 18.9. The first-order valence-electron chi connectivity index (χ1n) is 12.9. The molecule has 2 heterocycles. The van der Waals surface area contributed by atoms with Gasteiger partial charge in [-0.2, -0.15) is 4.99 Å². The zero-order valence-electron chi connectivity index (χ0n) is 21.9. The molecule has 1 amide bonds. The number of aryl methyl sites for hydroxylation is 2. The van der Waals surface area contributed by atoms with Crippen LogP contribution < -0.4 is 0 Å². The van der Waals surface area contributed by atoms with E-state index in [1.807, 2.05) is 92.7 Å². The highest BCUT2D eigenvalue weighted by Gasteiger charge is 2.30. The molecule has 1 fully saturated rings. The average Bonchev–Trinajstić information content (AvgIpc) is 3.34. The van der Waals surface area contributed by atoms with Crippen molar-refractivity contribution in [2.75, 3.05) is 26.3 Å². The van der Waals surface area contributed by atoms with Crippen molar-refractivity contribution in [1.29, 1.82) is 0 Å². The van der Waals surface area contributed by atoms with Crippen LogP contribution in [0.15, 0.2) is 88.8 Å². The van der Waals surface area contributed by atoms with E-state index in [-0.39, 0.29) is 18.1 Å². The third-order valence-electron chi connectivity index (χ3n) is 6.73. The summed E-state index contributed by atoms with van der Waals surface area (Å²) in [7, 11) is 0. The van der Waals surface area contributed by atoms with Crippen LogP contribution in [0.1, 0.15) is 39.0 Å². The van der Waals surface area contributed by atoms with E-state index in [0.717, 1.165) is 33.4 Å². The number of allylic oxidation sites excluding steroid dienone is 3. The largest absolute Gasteiger partial charge is 0.378 e. The van der Waals surface area contributed by atoms with Crippen LogP contribution in [0.5, 0.6) is 0 Å². The third-order valence-corrected chi connectivity index (χ3v) is 8.11. The highest BCUT2D eigenvalue weighted by Crippen LogP contribution is 2.38. The number of amides is 1. The fraction of sp³-hybridized carbons (Fsp3) is 0.219. The summed E-state index contributed by atoms with van der Waals surface area (Å²) in [6.07, 6.45) is 2.14. The number of aliphatic imine (C=N–C) groups is 1. The van der Waals surface area contributed by atoms with Gasteiger partial charge in [-0.1, -0.05) is 83.4 Å². The molecule has 0 radical (unpaired) electrons. The molecule has 0 spiro atoms. The van der Waals surface area contributed by atoms with E-state index < -0.39 is 0 Å². The fourth-order valence-corrected chi connectivity index (χ4v) is 5.63. The number of rotatable bonds is 6. The van der Waals surface area contributed by atoms with Crippen LogP contribution in [0.2, 0.25) is 5.02 Å². The standard InChI is InChI=1S/C32H29ClN2O3S/c1-21-3-7-24(8-4-21)28(30-31(37)34-32(39-30)35-15-17-38-18-16-35)19-26(23-11-13-27(33)14-12-23)20-29(36)25-9-5-22(2)6-10-25/h3-14,19H,15-18,20H2,1-2H3/b26-19+,30-28+. The number of halogens is 1. The minimum absolute atomic E-state index is 0.000105. The maximum absolute atomic E-state index is 13.4. The number of nitrogens with zero attached hydrogens (tertiary/aromatic N) is 2. The van der Waals surface area contributed by atoms with Crippen LogP contribution >= 0.6 is 23.4 Å². The number of carbonyl (C=O) groups excluding carboxylic acids is 2. The Morgan fingerprint density at radius 3 is 2.08 bits per heavy atom. The van der Waals surface area contributed by atoms with Crippen molar-refractivity contribution >= 4 is 51.4 Å². The molecule has 7 heteroatoms. The molecular weight excluding hydrogens is 528 g/mol. The van der Waals surface area contributed by atoms with Crippen molar-refractivity contribution < 1.29 is 14.3 Å². The topological polar surface area (TPSA) is 59.0 Å². The Labute approximate surface area is 238 Å². The minimum Gasteiger partial charge on any atom is -0.378 e. The predicted molar refractivity (Wildman–Crippen MR) is 160 cm³/mol. The summed E-state index contributed by atoms with van der Waals surface area (Å²) in [4.78, 5) is 33.8.